The minimum atomic E-state index is -0.499. The molecule has 0 unspecified atom stereocenters. The summed E-state index contributed by atoms with van der Waals surface area (Å²) >= 11 is 12.1. The van der Waals surface area contributed by atoms with Gasteiger partial charge >= 0.3 is 0 Å². The number of ether oxygens (including phenoxy) is 1. The Morgan fingerprint density at radius 2 is 2.00 bits per heavy atom. The number of methoxy groups -OCH3 is 1. The summed E-state index contributed by atoms with van der Waals surface area (Å²) in [6.45, 7) is 0.442. The van der Waals surface area contributed by atoms with Crippen molar-refractivity contribution in [1.82, 2.24) is 0 Å². The molecular formula is C15H14Cl2N2O2. The number of hydrogen-bond donors (Lipinski definition) is 2. The Kier molecular flexibility index (Phi) is 4.94. The highest BCUT2D eigenvalue weighted by atomic mass is 35.5. The molecule has 4 nitrogen and oxygen atoms in total. The van der Waals surface area contributed by atoms with E-state index in [1.54, 1.807) is 43.5 Å². The summed E-state index contributed by atoms with van der Waals surface area (Å²) in [5, 5.41) is 4.38. The monoisotopic (exact) mass is 324 g/mol. The summed E-state index contributed by atoms with van der Waals surface area (Å²) in [7, 11) is 1.55. The summed E-state index contributed by atoms with van der Waals surface area (Å²) in [5.74, 6) is 0.111. The zero-order chi connectivity index (χ0) is 15.4. The van der Waals surface area contributed by atoms with Crippen molar-refractivity contribution < 1.29 is 9.53 Å². The highest BCUT2D eigenvalue weighted by Crippen LogP contribution is 2.27. The molecule has 0 saturated carbocycles. The standard InChI is InChI=1S/C15H14Cl2N2O2/c1-21-14-5-2-9(15(18)20)7-13(14)19-8-10-6-11(16)3-4-12(10)17/h2-7,19H,8H2,1H3,(H2,18,20). The number of primary amides is 1. The van der Waals surface area contributed by atoms with E-state index in [9.17, 15) is 4.79 Å². The largest absolute Gasteiger partial charge is 0.495 e. The molecule has 2 aromatic rings. The predicted octanol–water partition coefficient (Wildman–Crippen LogP) is 3.71. The minimum absolute atomic E-state index is 0.399. The second kappa shape index (κ2) is 6.70. The van der Waals surface area contributed by atoms with Crippen LogP contribution in [0.3, 0.4) is 0 Å². The molecule has 0 radical (unpaired) electrons. The average Bonchev–Trinajstić information content (AvgIpc) is 2.47. The molecule has 1 amide bonds. The number of anilines is 1. The quantitative estimate of drug-likeness (QED) is 0.881. The number of halogens is 2. The van der Waals surface area contributed by atoms with Crippen LogP contribution in [0.4, 0.5) is 5.69 Å². The van der Waals surface area contributed by atoms with Gasteiger partial charge in [0.25, 0.3) is 0 Å². The molecule has 6 heteroatoms. The van der Waals surface area contributed by atoms with Crippen LogP contribution in [0.5, 0.6) is 5.75 Å². The van der Waals surface area contributed by atoms with Crippen molar-refractivity contribution in [3.8, 4) is 5.75 Å². The molecule has 2 aromatic carbocycles. The molecule has 0 aliphatic heterocycles. The van der Waals surface area contributed by atoms with Crippen molar-refractivity contribution in [2.75, 3.05) is 12.4 Å². The van der Waals surface area contributed by atoms with Gasteiger partial charge in [0.15, 0.2) is 0 Å². The lowest BCUT2D eigenvalue weighted by molar-refractivity contribution is 0.100. The van der Waals surface area contributed by atoms with E-state index in [0.717, 1.165) is 5.56 Å². The Bertz CT molecular complexity index is 675. The molecule has 110 valence electrons. The minimum Gasteiger partial charge on any atom is -0.495 e. The van der Waals surface area contributed by atoms with Gasteiger partial charge in [-0.1, -0.05) is 23.2 Å². The van der Waals surface area contributed by atoms with Crippen molar-refractivity contribution in [1.29, 1.82) is 0 Å². The number of nitrogens with one attached hydrogen (secondary N) is 1. The first-order valence-electron chi connectivity index (χ1n) is 6.17. The summed E-state index contributed by atoms with van der Waals surface area (Å²) in [4.78, 5) is 11.2. The molecule has 0 heterocycles. The third-order valence-corrected chi connectivity index (χ3v) is 3.56. The summed E-state index contributed by atoms with van der Waals surface area (Å²) in [5.41, 5.74) is 7.18. The number of carbonyl (C=O) groups excluding carboxylic acids is 1. The Labute approximate surface area is 132 Å². The normalized spacial score (nSPS) is 10.2. The number of amides is 1. The van der Waals surface area contributed by atoms with Crippen LogP contribution in [-0.4, -0.2) is 13.0 Å². The number of benzene rings is 2. The number of nitrogens with two attached hydrogens (primary N) is 1. The molecule has 0 aliphatic carbocycles. The number of hydrogen-bond acceptors (Lipinski definition) is 3. The summed E-state index contributed by atoms with van der Waals surface area (Å²) in [6.07, 6.45) is 0. The molecule has 2 rings (SSSR count). The highest BCUT2D eigenvalue weighted by molar-refractivity contribution is 6.33. The third-order valence-electron chi connectivity index (χ3n) is 2.96. The lowest BCUT2D eigenvalue weighted by atomic mass is 10.1. The Morgan fingerprint density at radius 1 is 1.24 bits per heavy atom. The van der Waals surface area contributed by atoms with Gasteiger partial charge in [-0.3, -0.25) is 4.79 Å². The molecule has 0 atom stereocenters. The highest BCUT2D eigenvalue weighted by Gasteiger charge is 2.09. The van der Waals surface area contributed by atoms with Gasteiger partial charge in [-0.15, -0.1) is 0 Å². The maximum Gasteiger partial charge on any atom is 0.248 e. The van der Waals surface area contributed by atoms with Crippen LogP contribution in [0, 0.1) is 0 Å². The van der Waals surface area contributed by atoms with Crippen molar-refractivity contribution in [3.63, 3.8) is 0 Å². The van der Waals surface area contributed by atoms with E-state index in [0.29, 0.717) is 33.6 Å². The second-order valence-electron chi connectivity index (χ2n) is 4.37. The van der Waals surface area contributed by atoms with Gasteiger partial charge in [0.2, 0.25) is 5.91 Å². The first-order valence-corrected chi connectivity index (χ1v) is 6.92. The predicted molar refractivity (Wildman–Crippen MR) is 85.3 cm³/mol. The number of rotatable bonds is 5. The van der Waals surface area contributed by atoms with Crippen LogP contribution in [0.2, 0.25) is 10.0 Å². The lowest BCUT2D eigenvalue weighted by Gasteiger charge is -2.13. The molecule has 0 aromatic heterocycles. The fourth-order valence-corrected chi connectivity index (χ4v) is 2.25. The van der Waals surface area contributed by atoms with Gasteiger partial charge in [-0.05, 0) is 42.0 Å². The molecule has 0 fully saturated rings. The summed E-state index contributed by atoms with van der Waals surface area (Å²) < 4.78 is 5.25. The topological polar surface area (TPSA) is 64.3 Å². The molecule has 0 bridgehead atoms. The maximum absolute atomic E-state index is 11.2. The Morgan fingerprint density at radius 3 is 2.67 bits per heavy atom. The molecule has 21 heavy (non-hydrogen) atoms. The van der Waals surface area contributed by atoms with Gasteiger partial charge in [-0.25, -0.2) is 0 Å². The van der Waals surface area contributed by atoms with Gasteiger partial charge in [0.05, 0.1) is 12.8 Å². The average molecular weight is 325 g/mol. The van der Waals surface area contributed by atoms with E-state index < -0.39 is 5.91 Å². The fraction of sp³-hybridized carbons (Fsp3) is 0.133. The zero-order valence-corrected chi connectivity index (χ0v) is 12.8. The van der Waals surface area contributed by atoms with Crippen LogP contribution in [0.1, 0.15) is 15.9 Å². The SMILES string of the molecule is COc1ccc(C(N)=O)cc1NCc1cc(Cl)ccc1Cl. The van der Waals surface area contributed by atoms with Crippen molar-refractivity contribution >= 4 is 34.8 Å². The molecule has 0 aliphatic rings. The maximum atomic E-state index is 11.2. The number of carbonyl (C=O) groups is 1. The molecule has 0 spiro atoms. The Balaban J connectivity index is 2.24. The van der Waals surface area contributed by atoms with E-state index in [1.807, 2.05) is 0 Å². The van der Waals surface area contributed by atoms with Crippen LogP contribution in [-0.2, 0) is 6.54 Å². The molecule has 0 saturated heterocycles. The van der Waals surface area contributed by atoms with Crippen molar-refractivity contribution in [2.45, 2.75) is 6.54 Å². The molecular weight excluding hydrogens is 311 g/mol. The van der Waals surface area contributed by atoms with Gasteiger partial charge < -0.3 is 15.8 Å². The first-order chi connectivity index (χ1) is 10.0. The first kappa shape index (κ1) is 15.5. The molecule has 3 N–H and O–H groups in total. The van der Waals surface area contributed by atoms with E-state index >= 15 is 0 Å². The van der Waals surface area contributed by atoms with Crippen LogP contribution in [0.15, 0.2) is 36.4 Å². The van der Waals surface area contributed by atoms with Gasteiger partial charge in [0, 0.05) is 22.2 Å². The Hall–Kier alpha value is -1.91. The summed E-state index contributed by atoms with van der Waals surface area (Å²) in [6, 6.07) is 10.2. The van der Waals surface area contributed by atoms with Crippen LogP contribution < -0.4 is 15.8 Å². The lowest BCUT2D eigenvalue weighted by Crippen LogP contribution is -2.12. The smallest absolute Gasteiger partial charge is 0.248 e. The van der Waals surface area contributed by atoms with Crippen LogP contribution in [0.25, 0.3) is 0 Å². The second-order valence-corrected chi connectivity index (χ2v) is 5.21. The van der Waals surface area contributed by atoms with Crippen molar-refractivity contribution in [2.24, 2.45) is 5.73 Å². The zero-order valence-electron chi connectivity index (χ0n) is 11.3. The van der Waals surface area contributed by atoms with E-state index in [4.69, 9.17) is 33.7 Å². The fourth-order valence-electron chi connectivity index (χ4n) is 1.87. The van der Waals surface area contributed by atoms with E-state index in [1.165, 1.54) is 0 Å². The van der Waals surface area contributed by atoms with Crippen LogP contribution >= 0.6 is 23.2 Å². The van der Waals surface area contributed by atoms with Gasteiger partial charge in [-0.2, -0.15) is 0 Å². The third kappa shape index (κ3) is 3.80. The van der Waals surface area contributed by atoms with Crippen molar-refractivity contribution in [3.05, 3.63) is 57.6 Å². The van der Waals surface area contributed by atoms with Gasteiger partial charge in [0.1, 0.15) is 5.75 Å². The van der Waals surface area contributed by atoms with E-state index in [-0.39, 0.29) is 0 Å². The van der Waals surface area contributed by atoms with E-state index in [2.05, 4.69) is 5.32 Å².